The highest BCUT2D eigenvalue weighted by molar-refractivity contribution is 5.73. The average molecular weight is 289 g/mol. The van der Waals surface area contributed by atoms with Gasteiger partial charge in [-0.15, -0.1) is 0 Å². The van der Waals surface area contributed by atoms with Crippen molar-refractivity contribution in [3.63, 3.8) is 0 Å². The number of carbonyl (C=O) groups is 2. The van der Waals surface area contributed by atoms with Gasteiger partial charge < -0.3 is 14.7 Å². The summed E-state index contributed by atoms with van der Waals surface area (Å²) in [6.07, 6.45) is -0.825. The molecule has 1 aliphatic rings. The summed E-state index contributed by atoms with van der Waals surface area (Å²) >= 11 is 0. The van der Waals surface area contributed by atoms with Crippen molar-refractivity contribution >= 4 is 12.1 Å². The van der Waals surface area contributed by atoms with Crippen molar-refractivity contribution in [3.05, 3.63) is 0 Å². The summed E-state index contributed by atoms with van der Waals surface area (Å²) in [5.41, 5.74) is -0.611. The Morgan fingerprint density at radius 1 is 1.45 bits per heavy atom. The molecular formula is C14H24FNO4. The van der Waals surface area contributed by atoms with E-state index >= 15 is 0 Å². The molecular weight excluding hydrogens is 265 g/mol. The van der Waals surface area contributed by atoms with Gasteiger partial charge in [-0.2, -0.15) is 0 Å². The quantitative estimate of drug-likeness (QED) is 0.867. The second kappa shape index (κ2) is 6.41. The van der Waals surface area contributed by atoms with Crippen LogP contribution in [-0.2, 0) is 9.53 Å². The lowest BCUT2D eigenvalue weighted by molar-refractivity contribution is -0.146. The molecule has 116 valence electrons. The Labute approximate surface area is 119 Å². The molecule has 20 heavy (non-hydrogen) atoms. The number of halogens is 1. The van der Waals surface area contributed by atoms with E-state index < -0.39 is 29.8 Å². The fourth-order valence-electron chi connectivity index (χ4n) is 2.47. The lowest BCUT2D eigenvalue weighted by Gasteiger charge is -2.37. The first kappa shape index (κ1) is 16.7. The van der Waals surface area contributed by atoms with Crippen molar-refractivity contribution in [3.8, 4) is 0 Å². The van der Waals surface area contributed by atoms with Crippen LogP contribution in [0, 0.1) is 11.8 Å². The molecule has 1 rings (SSSR count). The fourth-order valence-corrected chi connectivity index (χ4v) is 2.47. The second-order valence-corrected chi connectivity index (χ2v) is 6.44. The summed E-state index contributed by atoms with van der Waals surface area (Å²) in [4.78, 5) is 24.7. The van der Waals surface area contributed by atoms with Gasteiger partial charge in [-0.3, -0.25) is 4.79 Å². The molecule has 0 radical (unpaired) electrons. The topological polar surface area (TPSA) is 66.8 Å². The van der Waals surface area contributed by atoms with Crippen molar-refractivity contribution in [2.45, 2.75) is 52.3 Å². The lowest BCUT2D eigenvalue weighted by Crippen LogP contribution is -2.48. The van der Waals surface area contributed by atoms with Crippen molar-refractivity contribution < 1.29 is 23.8 Å². The molecule has 5 nitrogen and oxygen atoms in total. The monoisotopic (exact) mass is 289 g/mol. The Morgan fingerprint density at radius 3 is 2.50 bits per heavy atom. The minimum absolute atomic E-state index is 0.0850. The van der Waals surface area contributed by atoms with Gasteiger partial charge in [0.15, 0.2) is 0 Å². The van der Waals surface area contributed by atoms with E-state index in [1.165, 1.54) is 11.8 Å². The maximum absolute atomic E-state index is 13.1. The van der Waals surface area contributed by atoms with Crippen molar-refractivity contribution in [2.24, 2.45) is 11.8 Å². The molecule has 0 aromatic carbocycles. The van der Waals surface area contributed by atoms with Crippen molar-refractivity contribution in [1.29, 1.82) is 0 Å². The van der Waals surface area contributed by atoms with Crippen LogP contribution < -0.4 is 0 Å². The number of likely N-dealkylation sites (tertiary alicyclic amines) is 1. The average Bonchev–Trinajstić information content (AvgIpc) is 2.25. The minimum atomic E-state index is -1.03. The molecule has 1 amide bonds. The van der Waals surface area contributed by atoms with E-state index in [0.717, 1.165) is 0 Å². The number of alkyl halides is 1. The van der Waals surface area contributed by atoms with Crippen molar-refractivity contribution in [1.82, 2.24) is 4.90 Å². The molecule has 1 N–H and O–H groups in total. The van der Waals surface area contributed by atoms with Crippen LogP contribution in [0.25, 0.3) is 0 Å². The summed E-state index contributed by atoms with van der Waals surface area (Å²) in [6.45, 7) is 7.21. The molecule has 1 heterocycles. The third-order valence-corrected chi connectivity index (χ3v) is 3.35. The highest BCUT2D eigenvalue weighted by Crippen LogP contribution is 2.29. The Morgan fingerprint density at radius 2 is 2.05 bits per heavy atom. The molecule has 0 aromatic rings. The number of piperidine rings is 1. The van der Waals surface area contributed by atoms with Gasteiger partial charge >= 0.3 is 12.1 Å². The minimum Gasteiger partial charge on any atom is -0.481 e. The summed E-state index contributed by atoms with van der Waals surface area (Å²) in [5.74, 6) is -1.94. The van der Waals surface area contributed by atoms with E-state index in [4.69, 9.17) is 4.74 Å². The first-order chi connectivity index (χ1) is 9.10. The summed E-state index contributed by atoms with van der Waals surface area (Å²) < 4.78 is 18.3. The van der Waals surface area contributed by atoms with Gasteiger partial charge in [-0.25, -0.2) is 9.18 Å². The Balaban J connectivity index is 2.68. The predicted octanol–water partition coefficient (Wildman–Crippen LogP) is 2.69. The molecule has 1 saturated heterocycles. The molecule has 0 spiro atoms. The van der Waals surface area contributed by atoms with Gasteiger partial charge in [-0.05, 0) is 46.5 Å². The molecule has 3 unspecified atom stereocenters. The van der Waals surface area contributed by atoms with Gasteiger partial charge in [0.2, 0.25) is 0 Å². The molecule has 0 bridgehead atoms. The molecule has 0 saturated carbocycles. The molecule has 0 aliphatic carbocycles. The zero-order valence-electron chi connectivity index (χ0n) is 12.6. The van der Waals surface area contributed by atoms with Gasteiger partial charge in [0.25, 0.3) is 0 Å². The van der Waals surface area contributed by atoms with Crippen LogP contribution >= 0.6 is 0 Å². The van der Waals surface area contributed by atoms with Gasteiger partial charge in [-0.1, -0.05) is 0 Å². The molecule has 1 fully saturated rings. The Hall–Kier alpha value is -1.33. The SMILES string of the molecule is CC(F)CC1CCN(C(=O)OC(C)(C)C)CC1C(=O)O. The van der Waals surface area contributed by atoms with Gasteiger partial charge in [0, 0.05) is 13.1 Å². The van der Waals surface area contributed by atoms with Crippen LogP contribution in [-0.4, -0.2) is 46.9 Å². The zero-order valence-corrected chi connectivity index (χ0v) is 12.6. The number of aliphatic carboxylic acids is 1. The van der Waals surface area contributed by atoms with E-state index in [1.54, 1.807) is 20.8 Å². The molecule has 1 aliphatic heterocycles. The van der Waals surface area contributed by atoms with Crippen LogP contribution in [0.2, 0.25) is 0 Å². The number of hydrogen-bond donors (Lipinski definition) is 1. The van der Waals surface area contributed by atoms with Crippen LogP contribution in [0.3, 0.4) is 0 Å². The van der Waals surface area contributed by atoms with Crippen LogP contribution in [0.15, 0.2) is 0 Å². The third-order valence-electron chi connectivity index (χ3n) is 3.35. The van der Waals surface area contributed by atoms with E-state index in [0.29, 0.717) is 13.0 Å². The highest BCUT2D eigenvalue weighted by atomic mass is 19.1. The summed E-state index contributed by atoms with van der Waals surface area (Å²) in [5, 5.41) is 9.25. The normalized spacial score (nSPS) is 25.1. The Bertz CT molecular complexity index is 365. The Kier molecular flexibility index (Phi) is 5.36. The number of rotatable bonds is 3. The van der Waals surface area contributed by atoms with Gasteiger partial charge in [0.1, 0.15) is 5.60 Å². The number of carboxylic acids is 1. The van der Waals surface area contributed by atoms with Crippen LogP contribution in [0.5, 0.6) is 0 Å². The lowest BCUT2D eigenvalue weighted by atomic mass is 9.82. The van der Waals surface area contributed by atoms with E-state index in [1.807, 2.05) is 0 Å². The summed E-state index contributed by atoms with van der Waals surface area (Å²) in [7, 11) is 0. The summed E-state index contributed by atoms with van der Waals surface area (Å²) in [6, 6.07) is 0. The van der Waals surface area contributed by atoms with Crippen LogP contribution in [0.4, 0.5) is 9.18 Å². The van der Waals surface area contributed by atoms with E-state index in [9.17, 15) is 19.1 Å². The first-order valence-electron chi connectivity index (χ1n) is 6.95. The number of ether oxygens (including phenoxy) is 1. The predicted molar refractivity (Wildman–Crippen MR) is 72.2 cm³/mol. The molecule has 0 aromatic heterocycles. The number of nitrogens with zero attached hydrogens (tertiary/aromatic N) is 1. The highest BCUT2D eigenvalue weighted by Gasteiger charge is 2.37. The molecule has 3 atom stereocenters. The van der Waals surface area contributed by atoms with Gasteiger partial charge in [0.05, 0.1) is 12.1 Å². The maximum Gasteiger partial charge on any atom is 0.410 e. The third kappa shape index (κ3) is 4.98. The largest absolute Gasteiger partial charge is 0.481 e. The fraction of sp³-hybridized carbons (Fsp3) is 0.857. The number of carbonyl (C=O) groups excluding carboxylic acids is 1. The maximum atomic E-state index is 13.1. The van der Waals surface area contributed by atoms with E-state index in [-0.39, 0.29) is 18.9 Å². The zero-order chi connectivity index (χ0) is 15.5. The first-order valence-corrected chi connectivity index (χ1v) is 6.95. The number of hydrogen-bond acceptors (Lipinski definition) is 3. The number of carboxylic acid groups (broad SMARTS) is 1. The number of amides is 1. The smallest absolute Gasteiger partial charge is 0.410 e. The van der Waals surface area contributed by atoms with Crippen molar-refractivity contribution in [2.75, 3.05) is 13.1 Å². The standard InChI is InChI=1S/C14H24FNO4/c1-9(15)7-10-5-6-16(8-11(10)12(17)18)13(19)20-14(2,3)4/h9-11H,5-8H2,1-4H3,(H,17,18). The second-order valence-electron chi connectivity index (χ2n) is 6.44. The molecule has 6 heteroatoms. The van der Waals surface area contributed by atoms with E-state index in [2.05, 4.69) is 0 Å². The van der Waals surface area contributed by atoms with Crippen LogP contribution in [0.1, 0.15) is 40.5 Å².